The van der Waals surface area contributed by atoms with Gasteiger partial charge in [-0.2, -0.15) is 0 Å². The molecule has 0 bridgehead atoms. The van der Waals surface area contributed by atoms with Gasteiger partial charge in [0.1, 0.15) is 18.0 Å². The van der Waals surface area contributed by atoms with Crippen LogP contribution in [0.3, 0.4) is 0 Å². The first-order valence-electron chi connectivity index (χ1n) is 10.2. The smallest absolute Gasteiger partial charge is 0.323 e. The van der Waals surface area contributed by atoms with Gasteiger partial charge < -0.3 is 14.9 Å². The second-order valence-corrected chi connectivity index (χ2v) is 7.89. The highest BCUT2D eigenvalue weighted by Crippen LogP contribution is 2.25. The van der Waals surface area contributed by atoms with Crippen molar-refractivity contribution < 1.29 is 9.90 Å². The standard InChI is InChI=1S/C19H30N6O2/c26-16-6-7-25(13-16)19(27)22-17-12-18(21-14-20-17)24-10-8-23(9-11-24)15-4-2-1-3-5-15/h12,14-16,26H,1-11,13H2,(H,20,21,22,27). The van der Waals surface area contributed by atoms with Crippen molar-refractivity contribution in [3.63, 3.8) is 0 Å². The van der Waals surface area contributed by atoms with Gasteiger partial charge in [-0.25, -0.2) is 14.8 Å². The first-order valence-corrected chi connectivity index (χ1v) is 10.2. The Morgan fingerprint density at radius 1 is 1.04 bits per heavy atom. The van der Waals surface area contributed by atoms with Crippen LogP contribution in [0.2, 0.25) is 0 Å². The molecule has 1 aromatic rings. The molecule has 0 radical (unpaired) electrons. The fourth-order valence-corrected chi connectivity index (χ4v) is 4.47. The lowest BCUT2D eigenvalue weighted by Crippen LogP contribution is -2.51. The number of anilines is 2. The molecule has 2 saturated heterocycles. The molecule has 1 aromatic heterocycles. The molecule has 1 atom stereocenters. The number of aliphatic hydroxyl groups excluding tert-OH is 1. The van der Waals surface area contributed by atoms with Gasteiger partial charge in [0, 0.05) is 51.4 Å². The Hall–Kier alpha value is -1.93. The van der Waals surface area contributed by atoms with Crippen LogP contribution in [-0.2, 0) is 0 Å². The topological polar surface area (TPSA) is 84.8 Å². The molecule has 148 valence electrons. The third-order valence-corrected chi connectivity index (χ3v) is 6.07. The number of β-amino-alcohol motifs (C(OH)–C–C–N with tert-alkyl or cyclic N) is 1. The van der Waals surface area contributed by atoms with E-state index in [0.29, 0.717) is 25.3 Å². The van der Waals surface area contributed by atoms with Gasteiger partial charge in [-0.05, 0) is 19.3 Å². The summed E-state index contributed by atoms with van der Waals surface area (Å²) in [4.78, 5) is 27.4. The van der Waals surface area contributed by atoms with E-state index in [-0.39, 0.29) is 6.03 Å². The monoisotopic (exact) mass is 374 g/mol. The highest BCUT2D eigenvalue weighted by atomic mass is 16.3. The number of hydrogen-bond donors (Lipinski definition) is 2. The Bertz CT molecular complexity index is 643. The SMILES string of the molecule is O=C(Nc1cc(N2CCN(C3CCCCC3)CC2)ncn1)N1CCC(O)C1. The van der Waals surface area contributed by atoms with E-state index in [1.165, 1.54) is 38.4 Å². The van der Waals surface area contributed by atoms with Crippen molar-refractivity contribution in [1.29, 1.82) is 0 Å². The van der Waals surface area contributed by atoms with Crippen molar-refractivity contribution in [1.82, 2.24) is 19.8 Å². The number of nitrogens with zero attached hydrogens (tertiary/aromatic N) is 5. The van der Waals surface area contributed by atoms with Crippen LogP contribution >= 0.6 is 0 Å². The van der Waals surface area contributed by atoms with Crippen LogP contribution in [0.4, 0.5) is 16.4 Å². The van der Waals surface area contributed by atoms with Crippen LogP contribution in [-0.4, -0.2) is 82.3 Å². The van der Waals surface area contributed by atoms with Crippen LogP contribution in [0.5, 0.6) is 0 Å². The average molecular weight is 374 g/mol. The molecule has 1 saturated carbocycles. The van der Waals surface area contributed by atoms with Crippen molar-refractivity contribution in [2.24, 2.45) is 0 Å². The van der Waals surface area contributed by atoms with E-state index in [2.05, 4.69) is 25.1 Å². The van der Waals surface area contributed by atoms with Crippen molar-refractivity contribution in [3.05, 3.63) is 12.4 Å². The summed E-state index contributed by atoms with van der Waals surface area (Å²) in [6.07, 6.45) is 8.54. The van der Waals surface area contributed by atoms with E-state index in [4.69, 9.17) is 0 Å². The van der Waals surface area contributed by atoms with E-state index in [1.54, 1.807) is 4.90 Å². The second kappa shape index (κ2) is 8.39. The molecule has 2 N–H and O–H groups in total. The van der Waals surface area contributed by atoms with Crippen LogP contribution in [0.1, 0.15) is 38.5 Å². The molecule has 2 amide bonds. The van der Waals surface area contributed by atoms with Crippen molar-refractivity contribution >= 4 is 17.7 Å². The predicted octanol–water partition coefficient (Wildman–Crippen LogP) is 1.53. The number of carbonyl (C=O) groups excluding carboxylic acids is 1. The molecule has 1 aliphatic carbocycles. The van der Waals surface area contributed by atoms with Gasteiger partial charge in [0.25, 0.3) is 0 Å². The molecule has 2 aliphatic heterocycles. The number of likely N-dealkylation sites (tertiary alicyclic amines) is 1. The van der Waals surface area contributed by atoms with E-state index < -0.39 is 6.10 Å². The molecule has 27 heavy (non-hydrogen) atoms. The predicted molar refractivity (Wildman–Crippen MR) is 104 cm³/mol. The molecule has 3 fully saturated rings. The molecule has 8 heteroatoms. The lowest BCUT2D eigenvalue weighted by molar-refractivity contribution is 0.147. The van der Waals surface area contributed by atoms with Crippen LogP contribution in [0, 0.1) is 0 Å². The summed E-state index contributed by atoms with van der Waals surface area (Å²) in [5, 5.41) is 12.4. The van der Waals surface area contributed by atoms with Gasteiger partial charge in [0.05, 0.1) is 6.10 Å². The zero-order valence-electron chi connectivity index (χ0n) is 15.9. The van der Waals surface area contributed by atoms with E-state index in [0.717, 1.165) is 38.0 Å². The summed E-state index contributed by atoms with van der Waals surface area (Å²) < 4.78 is 0. The average Bonchev–Trinajstić information content (AvgIpc) is 3.16. The summed E-state index contributed by atoms with van der Waals surface area (Å²) in [6.45, 7) is 5.02. The van der Waals surface area contributed by atoms with Gasteiger partial charge in [-0.3, -0.25) is 10.2 Å². The maximum atomic E-state index is 12.3. The molecule has 3 aliphatic rings. The molecule has 4 rings (SSSR count). The zero-order chi connectivity index (χ0) is 18.6. The fourth-order valence-electron chi connectivity index (χ4n) is 4.47. The minimum Gasteiger partial charge on any atom is -0.391 e. The number of aliphatic hydroxyl groups is 1. The van der Waals surface area contributed by atoms with Gasteiger partial charge in [-0.15, -0.1) is 0 Å². The quantitative estimate of drug-likeness (QED) is 0.835. The third kappa shape index (κ3) is 4.50. The summed E-state index contributed by atoms with van der Waals surface area (Å²) in [7, 11) is 0. The number of urea groups is 1. The van der Waals surface area contributed by atoms with Crippen LogP contribution in [0.15, 0.2) is 12.4 Å². The third-order valence-electron chi connectivity index (χ3n) is 6.07. The molecular formula is C19H30N6O2. The highest BCUT2D eigenvalue weighted by molar-refractivity contribution is 5.88. The van der Waals surface area contributed by atoms with Crippen LogP contribution in [0.25, 0.3) is 0 Å². The number of rotatable bonds is 3. The normalized spacial score (nSPS) is 25.0. The molecule has 1 unspecified atom stereocenters. The first kappa shape index (κ1) is 18.4. The minimum atomic E-state index is -0.419. The fraction of sp³-hybridized carbons (Fsp3) is 0.737. The summed E-state index contributed by atoms with van der Waals surface area (Å²) in [5.74, 6) is 1.38. The Morgan fingerprint density at radius 3 is 2.52 bits per heavy atom. The number of piperazine rings is 1. The number of amides is 2. The Balaban J connectivity index is 1.32. The maximum Gasteiger partial charge on any atom is 0.323 e. The van der Waals surface area contributed by atoms with Gasteiger partial charge >= 0.3 is 6.03 Å². The largest absolute Gasteiger partial charge is 0.391 e. The lowest BCUT2D eigenvalue weighted by atomic mass is 9.94. The van der Waals surface area contributed by atoms with E-state index in [1.807, 2.05) is 6.07 Å². The Labute approximate surface area is 160 Å². The number of nitrogens with one attached hydrogen (secondary N) is 1. The van der Waals surface area contributed by atoms with Crippen molar-refractivity contribution in [2.45, 2.75) is 50.7 Å². The Morgan fingerprint density at radius 2 is 1.81 bits per heavy atom. The van der Waals surface area contributed by atoms with E-state index in [9.17, 15) is 9.90 Å². The maximum absolute atomic E-state index is 12.3. The zero-order valence-corrected chi connectivity index (χ0v) is 15.9. The highest BCUT2D eigenvalue weighted by Gasteiger charge is 2.27. The van der Waals surface area contributed by atoms with Gasteiger partial charge in [0.15, 0.2) is 0 Å². The molecular weight excluding hydrogens is 344 g/mol. The minimum absolute atomic E-state index is 0.210. The van der Waals surface area contributed by atoms with Crippen molar-refractivity contribution in [3.8, 4) is 0 Å². The first-order chi connectivity index (χ1) is 13.2. The summed E-state index contributed by atoms with van der Waals surface area (Å²) in [6, 6.07) is 2.40. The molecule has 0 spiro atoms. The lowest BCUT2D eigenvalue weighted by Gasteiger charge is -2.41. The molecule has 0 aromatic carbocycles. The Kier molecular flexibility index (Phi) is 5.73. The number of carbonyl (C=O) groups is 1. The molecule has 8 nitrogen and oxygen atoms in total. The van der Waals surface area contributed by atoms with Crippen molar-refractivity contribution in [2.75, 3.05) is 49.5 Å². The van der Waals surface area contributed by atoms with Gasteiger partial charge in [-0.1, -0.05) is 19.3 Å². The number of aromatic nitrogens is 2. The second-order valence-electron chi connectivity index (χ2n) is 7.89. The van der Waals surface area contributed by atoms with Crippen LogP contribution < -0.4 is 10.2 Å². The summed E-state index contributed by atoms with van der Waals surface area (Å²) >= 11 is 0. The summed E-state index contributed by atoms with van der Waals surface area (Å²) in [5.41, 5.74) is 0. The van der Waals surface area contributed by atoms with Gasteiger partial charge in [0.2, 0.25) is 0 Å². The molecule has 3 heterocycles. The number of hydrogen-bond acceptors (Lipinski definition) is 6. The van der Waals surface area contributed by atoms with E-state index >= 15 is 0 Å².